The number of hydrogen-bond acceptors (Lipinski definition) is 2. The molecule has 0 radical (unpaired) electrons. The van der Waals surface area contributed by atoms with Crippen LogP contribution in [-0.4, -0.2) is 15.8 Å². The first kappa shape index (κ1) is 12.6. The molecule has 1 aromatic heterocycles. The highest BCUT2D eigenvalue weighted by Crippen LogP contribution is 2.33. The van der Waals surface area contributed by atoms with Gasteiger partial charge in [-0.3, -0.25) is 4.68 Å². The van der Waals surface area contributed by atoms with Gasteiger partial charge in [-0.15, -0.1) is 0 Å². The van der Waals surface area contributed by atoms with Gasteiger partial charge < -0.3 is 5.32 Å². The summed E-state index contributed by atoms with van der Waals surface area (Å²) in [7, 11) is 0. The van der Waals surface area contributed by atoms with Gasteiger partial charge in [0.15, 0.2) is 0 Å². The van der Waals surface area contributed by atoms with Crippen molar-refractivity contribution >= 4 is 0 Å². The summed E-state index contributed by atoms with van der Waals surface area (Å²) in [5.74, 6) is 1.74. The molecule has 96 valence electrons. The highest BCUT2D eigenvalue weighted by Gasteiger charge is 2.30. The third-order valence-corrected chi connectivity index (χ3v) is 4.40. The fourth-order valence-electron chi connectivity index (χ4n) is 3.14. The van der Waals surface area contributed by atoms with Crippen molar-refractivity contribution in [1.82, 2.24) is 15.1 Å². The van der Waals surface area contributed by atoms with Crippen LogP contribution in [0.5, 0.6) is 0 Å². The van der Waals surface area contributed by atoms with E-state index in [2.05, 4.69) is 41.9 Å². The molecule has 17 heavy (non-hydrogen) atoms. The van der Waals surface area contributed by atoms with Gasteiger partial charge in [0, 0.05) is 25.3 Å². The van der Waals surface area contributed by atoms with Gasteiger partial charge in [0.2, 0.25) is 0 Å². The van der Waals surface area contributed by atoms with Crippen molar-refractivity contribution in [2.75, 3.05) is 0 Å². The molecule has 0 aliphatic heterocycles. The predicted octanol–water partition coefficient (Wildman–Crippen LogP) is 2.82. The minimum Gasteiger partial charge on any atom is -0.308 e. The number of hydrogen-bond donors (Lipinski definition) is 1. The van der Waals surface area contributed by atoms with E-state index in [9.17, 15) is 0 Å². The van der Waals surface area contributed by atoms with E-state index in [1.807, 2.05) is 6.20 Å². The van der Waals surface area contributed by atoms with Crippen molar-refractivity contribution < 1.29 is 0 Å². The molecule has 3 nitrogen and oxygen atoms in total. The summed E-state index contributed by atoms with van der Waals surface area (Å²) < 4.78 is 2.07. The van der Waals surface area contributed by atoms with Crippen LogP contribution < -0.4 is 5.32 Å². The number of aryl methyl sites for hydroxylation is 1. The van der Waals surface area contributed by atoms with E-state index in [0.717, 1.165) is 24.9 Å². The Kier molecular flexibility index (Phi) is 4.21. The van der Waals surface area contributed by atoms with E-state index in [1.165, 1.54) is 25.0 Å². The topological polar surface area (TPSA) is 29.9 Å². The Labute approximate surface area is 105 Å². The maximum absolute atomic E-state index is 4.31. The van der Waals surface area contributed by atoms with Gasteiger partial charge >= 0.3 is 0 Å². The number of nitrogens with zero attached hydrogens (tertiary/aromatic N) is 2. The summed E-state index contributed by atoms with van der Waals surface area (Å²) in [6, 6.07) is 2.81. The van der Waals surface area contributed by atoms with Crippen LogP contribution in [0, 0.1) is 11.8 Å². The first-order chi connectivity index (χ1) is 8.26. The van der Waals surface area contributed by atoms with Crippen molar-refractivity contribution in [2.45, 2.75) is 59.2 Å². The van der Waals surface area contributed by atoms with E-state index >= 15 is 0 Å². The van der Waals surface area contributed by atoms with Crippen LogP contribution in [0.2, 0.25) is 0 Å². The quantitative estimate of drug-likeness (QED) is 0.850. The van der Waals surface area contributed by atoms with Crippen LogP contribution in [-0.2, 0) is 13.1 Å². The molecule has 3 atom stereocenters. The van der Waals surface area contributed by atoms with Crippen LogP contribution in [0.3, 0.4) is 0 Å². The molecule has 3 heteroatoms. The van der Waals surface area contributed by atoms with Crippen molar-refractivity contribution in [3.8, 4) is 0 Å². The summed E-state index contributed by atoms with van der Waals surface area (Å²) >= 11 is 0. The van der Waals surface area contributed by atoms with Gasteiger partial charge in [-0.05, 0) is 37.7 Å². The van der Waals surface area contributed by atoms with Crippen LogP contribution >= 0.6 is 0 Å². The molecule has 0 spiro atoms. The van der Waals surface area contributed by atoms with Crippen molar-refractivity contribution in [2.24, 2.45) is 11.8 Å². The fraction of sp³-hybridized carbons (Fsp3) is 0.786. The molecule has 3 unspecified atom stereocenters. The summed E-state index contributed by atoms with van der Waals surface area (Å²) in [6.07, 6.45) is 5.95. The number of aromatic nitrogens is 2. The smallest absolute Gasteiger partial charge is 0.0522 e. The molecule has 1 fully saturated rings. The van der Waals surface area contributed by atoms with Crippen molar-refractivity contribution in [1.29, 1.82) is 0 Å². The second kappa shape index (κ2) is 5.67. The lowest BCUT2D eigenvalue weighted by Gasteiger charge is -2.21. The molecule has 1 saturated carbocycles. The highest BCUT2D eigenvalue weighted by atomic mass is 15.3. The van der Waals surface area contributed by atoms with E-state index in [1.54, 1.807) is 0 Å². The van der Waals surface area contributed by atoms with E-state index < -0.39 is 0 Å². The van der Waals surface area contributed by atoms with Gasteiger partial charge in [0.1, 0.15) is 0 Å². The van der Waals surface area contributed by atoms with E-state index in [0.29, 0.717) is 6.04 Å². The molecule has 1 N–H and O–H groups in total. The molecule has 0 bridgehead atoms. The second-order valence-electron chi connectivity index (χ2n) is 5.23. The van der Waals surface area contributed by atoms with Crippen molar-refractivity contribution in [3.05, 3.63) is 18.0 Å². The van der Waals surface area contributed by atoms with Crippen LogP contribution in [0.1, 0.15) is 45.7 Å². The lowest BCUT2D eigenvalue weighted by atomic mass is 9.93. The zero-order valence-corrected chi connectivity index (χ0v) is 11.3. The Morgan fingerprint density at radius 2 is 2.24 bits per heavy atom. The van der Waals surface area contributed by atoms with Crippen LogP contribution in [0.25, 0.3) is 0 Å². The highest BCUT2D eigenvalue weighted by molar-refractivity contribution is 5.01. The first-order valence-electron chi connectivity index (χ1n) is 7.00. The summed E-state index contributed by atoms with van der Waals surface area (Å²) in [4.78, 5) is 0. The zero-order chi connectivity index (χ0) is 12.3. The number of nitrogens with one attached hydrogen (secondary N) is 1. The Hall–Kier alpha value is -0.830. The monoisotopic (exact) mass is 235 g/mol. The molecular formula is C14H25N3. The second-order valence-corrected chi connectivity index (χ2v) is 5.23. The minimum atomic E-state index is 0.695. The standard InChI is InChI=1S/C14H25N3/c1-4-12-6-7-14(11(12)3)15-10-13-8-9-16-17(13)5-2/h8-9,11-12,14-15H,4-7,10H2,1-3H3. The van der Waals surface area contributed by atoms with E-state index in [4.69, 9.17) is 0 Å². The fourth-order valence-corrected chi connectivity index (χ4v) is 3.14. The van der Waals surface area contributed by atoms with Crippen molar-refractivity contribution in [3.63, 3.8) is 0 Å². The maximum Gasteiger partial charge on any atom is 0.0522 e. The predicted molar refractivity (Wildman–Crippen MR) is 70.7 cm³/mol. The van der Waals surface area contributed by atoms with Gasteiger partial charge in [-0.2, -0.15) is 5.10 Å². The largest absolute Gasteiger partial charge is 0.308 e. The Bertz CT molecular complexity index is 345. The Morgan fingerprint density at radius 1 is 1.41 bits per heavy atom. The zero-order valence-electron chi connectivity index (χ0n) is 11.3. The van der Waals surface area contributed by atoms with Gasteiger partial charge in [-0.25, -0.2) is 0 Å². The summed E-state index contributed by atoms with van der Waals surface area (Å²) in [5, 5.41) is 8.02. The summed E-state index contributed by atoms with van der Waals surface area (Å²) in [6.45, 7) is 8.77. The summed E-state index contributed by atoms with van der Waals surface area (Å²) in [5.41, 5.74) is 1.31. The minimum absolute atomic E-state index is 0.695. The lowest BCUT2D eigenvalue weighted by Crippen LogP contribution is -2.32. The van der Waals surface area contributed by atoms with Gasteiger partial charge in [0.05, 0.1) is 5.69 Å². The molecule has 1 aliphatic carbocycles. The third kappa shape index (κ3) is 2.71. The normalized spacial score (nSPS) is 28.8. The van der Waals surface area contributed by atoms with Crippen LogP contribution in [0.15, 0.2) is 12.3 Å². The lowest BCUT2D eigenvalue weighted by molar-refractivity contribution is 0.341. The Balaban J connectivity index is 1.87. The molecular weight excluding hydrogens is 210 g/mol. The molecule has 1 aromatic rings. The molecule has 1 heterocycles. The van der Waals surface area contributed by atoms with Gasteiger partial charge in [0.25, 0.3) is 0 Å². The molecule has 0 amide bonds. The number of rotatable bonds is 5. The Morgan fingerprint density at radius 3 is 2.88 bits per heavy atom. The first-order valence-corrected chi connectivity index (χ1v) is 7.00. The molecule has 2 rings (SSSR count). The average Bonchev–Trinajstić information content (AvgIpc) is 2.93. The third-order valence-electron chi connectivity index (χ3n) is 4.40. The van der Waals surface area contributed by atoms with Gasteiger partial charge in [-0.1, -0.05) is 20.3 Å². The molecule has 0 aromatic carbocycles. The molecule has 1 aliphatic rings. The SMILES string of the molecule is CCC1CCC(NCc2ccnn2CC)C1C. The average molecular weight is 235 g/mol. The molecule has 0 saturated heterocycles. The maximum atomic E-state index is 4.31. The van der Waals surface area contributed by atoms with E-state index in [-0.39, 0.29) is 0 Å². The van der Waals surface area contributed by atoms with Crippen LogP contribution in [0.4, 0.5) is 0 Å².